The van der Waals surface area contributed by atoms with E-state index in [2.05, 4.69) is 10.6 Å². The van der Waals surface area contributed by atoms with E-state index in [1.54, 1.807) is 24.3 Å². The number of carboxylic acid groups (broad SMARTS) is 1. The van der Waals surface area contributed by atoms with E-state index in [4.69, 9.17) is 5.11 Å². The van der Waals surface area contributed by atoms with Crippen LogP contribution in [0.1, 0.15) is 35.2 Å². The Bertz CT molecular complexity index is 871. The van der Waals surface area contributed by atoms with Crippen LogP contribution >= 0.6 is 0 Å². The number of aryl methyl sites for hydroxylation is 1. The summed E-state index contributed by atoms with van der Waals surface area (Å²) in [5.74, 6) is -3.55. The molecule has 0 aliphatic heterocycles. The van der Waals surface area contributed by atoms with Crippen LogP contribution in [0.4, 0.5) is 14.5 Å². The Labute approximate surface area is 160 Å². The Morgan fingerprint density at radius 1 is 1.00 bits per heavy atom. The van der Waals surface area contributed by atoms with E-state index >= 15 is 0 Å². The first-order chi connectivity index (χ1) is 13.3. The van der Waals surface area contributed by atoms with Gasteiger partial charge in [0, 0.05) is 31.1 Å². The van der Waals surface area contributed by atoms with Gasteiger partial charge in [-0.1, -0.05) is 12.1 Å². The number of halogens is 2. The second-order valence-corrected chi connectivity index (χ2v) is 6.13. The molecule has 0 fully saturated rings. The van der Waals surface area contributed by atoms with Gasteiger partial charge in [-0.2, -0.15) is 0 Å². The highest BCUT2D eigenvalue weighted by atomic mass is 19.1. The Morgan fingerprint density at radius 3 is 2.50 bits per heavy atom. The Kier molecular flexibility index (Phi) is 7.62. The summed E-state index contributed by atoms with van der Waals surface area (Å²) in [6.45, 7) is 0.154. The third-order valence-electron chi connectivity index (χ3n) is 3.88. The number of nitrogens with one attached hydrogen (secondary N) is 2. The summed E-state index contributed by atoms with van der Waals surface area (Å²) < 4.78 is 26.4. The van der Waals surface area contributed by atoms with Crippen molar-refractivity contribution in [2.24, 2.45) is 0 Å². The van der Waals surface area contributed by atoms with Crippen molar-refractivity contribution in [3.05, 3.63) is 65.2 Å². The second kappa shape index (κ2) is 10.1. The summed E-state index contributed by atoms with van der Waals surface area (Å²) in [7, 11) is 0. The Hall–Kier alpha value is -3.29. The smallest absolute Gasteiger partial charge is 0.303 e. The van der Waals surface area contributed by atoms with Crippen LogP contribution in [0.25, 0.3) is 0 Å². The zero-order chi connectivity index (χ0) is 20.5. The molecule has 28 heavy (non-hydrogen) atoms. The lowest BCUT2D eigenvalue weighted by molar-refractivity contribution is -0.137. The lowest BCUT2D eigenvalue weighted by Crippen LogP contribution is -2.26. The van der Waals surface area contributed by atoms with Gasteiger partial charge in [0.15, 0.2) is 0 Å². The summed E-state index contributed by atoms with van der Waals surface area (Å²) >= 11 is 0. The number of rotatable bonds is 9. The Balaban J connectivity index is 1.74. The maximum absolute atomic E-state index is 13.5. The van der Waals surface area contributed by atoms with E-state index in [9.17, 15) is 23.2 Å². The summed E-state index contributed by atoms with van der Waals surface area (Å²) in [5, 5.41) is 13.9. The Morgan fingerprint density at radius 2 is 1.79 bits per heavy atom. The zero-order valence-corrected chi connectivity index (χ0v) is 15.0. The third kappa shape index (κ3) is 6.79. The first kappa shape index (κ1) is 21.0. The van der Waals surface area contributed by atoms with Gasteiger partial charge in [0.1, 0.15) is 11.6 Å². The third-order valence-corrected chi connectivity index (χ3v) is 3.88. The topological polar surface area (TPSA) is 95.5 Å². The molecule has 148 valence electrons. The van der Waals surface area contributed by atoms with Crippen molar-refractivity contribution < 1.29 is 28.3 Å². The normalized spacial score (nSPS) is 10.4. The molecule has 0 atom stereocenters. The fourth-order valence-electron chi connectivity index (χ4n) is 2.50. The summed E-state index contributed by atoms with van der Waals surface area (Å²) in [6.07, 6.45) is 0.835. The minimum atomic E-state index is -0.946. The van der Waals surface area contributed by atoms with Crippen molar-refractivity contribution in [1.82, 2.24) is 5.32 Å². The first-order valence-corrected chi connectivity index (χ1v) is 8.69. The average molecular weight is 390 g/mol. The fraction of sp³-hybridized carbons (Fsp3) is 0.250. The minimum absolute atomic E-state index is 0.00570. The molecule has 6 nitrogen and oxygen atoms in total. The maximum atomic E-state index is 13.5. The first-order valence-electron chi connectivity index (χ1n) is 8.69. The quantitative estimate of drug-likeness (QED) is 0.573. The highest BCUT2D eigenvalue weighted by Gasteiger charge is 2.12. The van der Waals surface area contributed by atoms with Crippen molar-refractivity contribution in [2.75, 3.05) is 11.9 Å². The van der Waals surface area contributed by atoms with Gasteiger partial charge in [-0.3, -0.25) is 14.4 Å². The van der Waals surface area contributed by atoms with Crippen LogP contribution in [0.15, 0.2) is 42.5 Å². The predicted molar refractivity (Wildman–Crippen MR) is 99.0 cm³/mol. The number of aliphatic carboxylic acids is 1. The molecule has 0 spiro atoms. The number of hydrogen-bond donors (Lipinski definition) is 3. The lowest BCUT2D eigenvalue weighted by Gasteiger charge is -2.08. The summed E-state index contributed by atoms with van der Waals surface area (Å²) in [4.78, 5) is 34.4. The highest BCUT2D eigenvalue weighted by Crippen LogP contribution is 2.13. The molecule has 8 heteroatoms. The molecule has 0 aliphatic carbocycles. The molecule has 0 saturated carbocycles. The average Bonchev–Trinajstić information content (AvgIpc) is 2.63. The number of amides is 2. The molecule has 2 rings (SSSR count). The number of carboxylic acids is 1. The van der Waals surface area contributed by atoms with Crippen LogP contribution in [0, 0.1) is 11.6 Å². The van der Waals surface area contributed by atoms with Gasteiger partial charge in [-0.05, 0) is 42.7 Å². The molecular formula is C20H20F2N2O4. The van der Waals surface area contributed by atoms with Crippen LogP contribution in [0.3, 0.4) is 0 Å². The molecule has 2 amide bonds. The summed E-state index contributed by atoms with van der Waals surface area (Å²) in [6, 6.07) is 9.60. The molecular weight excluding hydrogens is 370 g/mol. The van der Waals surface area contributed by atoms with Crippen molar-refractivity contribution in [3.8, 4) is 0 Å². The molecule has 0 bridgehead atoms. The van der Waals surface area contributed by atoms with Crippen LogP contribution in [-0.4, -0.2) is 29.4 Å². The summed E-state index contributed by atoms with van der Waals surface area (Å²) in [5.41, 5.74) is 1.10. The van der Waals surface area contributed by atoms with Crippen molar-refractivity contribution in [2.45, 2.75) is 25.7 Å². The van der Waals surface area contributed by atoms with Crippen molar-refractivity contribution in [1.29, 1.82) is 0 Å². The van der Waals surface area contributed by atoms with Crippen LogP contribution in [-0.2, 0) is 16.0 Å². The zero-order valence-electron chi connectivity index (χ0n) is 15.0. The van der Waals surface area contributed by atoms with Gasteiger partial charge in [0.2, 0.25) is 5.91 Å². The molecule has 3 N–H and O–H groups in total. The van der Waals surface area contributed by atoms with Gasteiger partial charge < -0.3 is 15.7 Å². The molecule has 0 radical (unpaired) electrons. The second-order valence-electron chi connectivity index (χ2n) is 6.13. The van der Waals surface area contributed by atoms with E-state index in [1.807, 2.05) is 0 Å². The molecule has 0 aliphatic rings. The number of anilines is 1. The van der Waals surface area contributed by atoms with Gasteiger partial charge in [-0.25, -0.2) is 8.78 Å². The molecule has 2 aromatic carbocycles. The molecule has 0 heterocycles. The van der Waals surface area contributed by atoms with Crippen molar-refractivity contribution in [3.63, 3.8) is 0 Å². The number of carbonyl (C=O) groups excluding carboxylic acids is 2. The van der Waals surface area contributed by atoms with Gasteiger partial charge >= 0.3 is 5.97 Å². The number of carbonyl (C=O) groups is 3. The van der Waals surface area contributed by atoms with Gasteiger partial charge in [0.05, 0.1) is 5.56 Å². The monoisotopic (exact) mass is 390 g/mol. The van der Waals surface area contributed by atoms with E-state index in [-0.39, 0.29) is 30.9 Å². The molecule has 0 saturated heterocycles. The lowest BCUT2D eigenvalue weighted by atomic mass is 10.1. The highest BCUT2D eigenvalue weighted by molar-refractivity contribution is 5.94. The maximum Gasteiger partial charge on any atom is 0.303 e. The van der Waals surface area contributed by atoms with E-state index in [0.29, 0.717) is 24.6 Å². The molecule has 0 unspecified atom stereocenters. The van der Waals surface area contributed by atoms with Crippen LogP contribution in [0.2, 0.25) is 0 Å². The van der Waals surface area contributed by atoms with Crippen molar-refractivity contribution >= 4 is 23.5 Å². The molecule has 0 aromatic heterocycles. The SMILES string of the molecule is O=C(O)CCc1cccc(NC(=O)CCCNC(=O)c2ccc(F)cc2F)c1. The van der Waals surface area contributed by atoms with Gasteiger partial charge in [-0.15, -0.1) is 0 Å². The van der Waals surface area contributed by atoms with Gasteiger partial charge in [0.25, 0.3) is 5.91 Å². The van der Waals surface area contributed by atoms with E-state index in [0.717, 1.165) is 17.7 Å². The largest absolute Gasteiger partial charge is 0.481 e. The standard InChI is InChI=1S/C20H20F2N2O4/c21-14-7-8-16(17(22)12-14)20(28)23-10-2-5-18(25)24-15-4-1-3-13(11-15)6-9-19(26)27/h1,3-4,7-8,11-12H,2,5-6,9-10H2,(H,23,28)(H,24,25)(H,26,27). The minimum Gasteiger partial charge on any atom is -0.481 e. The van der Waals surface area contributed by atoms with Crippen LogP contribution in [0.5, 0.6) is 0 Å². The fourth-order valence-corrected chi connectivity index (χ4v) is 2.50. The number of benzene rings is 2. The molecule has 2 aromatic rings. The van der Waals surface area contributed by atoms with Crippen LogP contribution < -0.4 is 10.6 Å². The van der Waals surface area contributed by atoms with E-state index < -0.39 is 23.5 Å². The number of hydrogen-bond acceptors (Lipinski definition) is 3. The predicted octanol–water partition coefficient (Wildman–Crippen LogP) is 3.13. The van der Waals surface area contributed by atoms with E-state index in [1.165, 1.54) is 0 Å².